The van der Waals surface area contributed by atoms with Gasteiger partial charge in [-0.05, 0) is 50.9 Å². The first-order valence-corrected chi connectivity index (χ1v) is 10.3. The topological polar surface area (TPSA) is 63.7 Å². The van der Waals surface area contributed by atoms with Crippen molar-refractivity contribution in [2.45, 2.75) is 45.2 Å². The molecule has 0 aromatic carbocycles. The number of hydrogen-bond acceptors (Lipinski definition) is 5. The average molecular weight is 386 g/mol. The third-order valence-electron chi connectivity index (χ3n) is 5.77. The van der Waals surface area contributed by atoms with Crippen molar-refractivity contribution in [3.63, 3.8) is 0 Å². The zero-order chi connectivity index (χ0) is 19.5. The summed E-state index contributed by atoms with van der Waals surface area (Å²) in [6.07, 6.45) is 3.18. The summed E-state index contributed by atoms with van der Waals surface area (Å²) in [7, 11) is 1.67. The van der Waals surface area contributed by atoms with Gasteiger partial charge in [0.15, 0.2) is 0 Å². The molecule has 2 aliphatic heterocycles. The Bertz CT molecular complexity index is 812. The summed E-state index contributed by atoms with van der Waals surface area (Å²) < 4.78 is 12.8. The normalized spacial score (nSPS) is 21.0. The SMILES string of the molecule is COCCN1CCCn2nc([C@H]3CCCN(Cc4ccc(C)o4)C3)cc2C1=O. The fraction of sp³-hybridized carbons (Fsp3) is 0.619. The molecule has 1 atom stereocenters. The lowest BCUT2D eigenvalue weighted by Gasteiger charge is -2.31. The molecule has 2 aromatic heterocycles. The second-order valence-corrected chi connectivity index (χ2v) is 7.90. The Morgan fingerprint density at radius 2 is 2.14 bits per heavy atom. The van der Waals surface area contributed by atoms with Crippen LogP contribution in [-0.2, 0) is 17.8 Å². The summed E-state index contributed by atoms with van der Waals surface area (Å²) in [6.45, 7) is 7.61. The lowest BCUT2D eigenvalue weighted by molar-refractivity contribution is 0.0698. The summed E-state index contributed by atoms with van der Waals surface area (Å²) in [4.78, 5) is 17.3. The molecule has 152 valence electrons. The number of carbonyl (C=O) groups is 1. The van der Waals surface area contributed by atoms with Crippen LogP contribution in [0.1, 0.15) is 52.9 Å². The number of aromatic nitrogens is 2. The molecule has 2 aromatic rings. The van der Waals surface area contributed by atoms with Crippen molar-refractivity contribution in [3.8, 4) is 0 Å². The van der Waals surface area contributed by atoms with Gasteiger partial charge in [0.05, 0.1) is 18.8 Å². The highest BCUT2D eigenvalue weighted by Crippen LogP contribution is 2.28. The molecular formula is C21H30N4O3. The van der Waals surface area contributed by atoms with Gasteiger partial charge in [-0.25, -0.2) is 0 Å². The van der Waals surface area contributed by atoms with Gasteiger partial charge in [-0.3, -0.25) is 14.4 Å². The van der Waals surface area contributed by atoms with E-state index >= 15 is 0 Å². The zero-order valence-corrected chi connectivity index (χ0v) is 16.9. The number of nitrogens with zero attached hydrogens (tertiary/aromatic N) is 4. The number of fused-ring (bicyclic) bond motifs is 1. The van der Waals surface area contributed by atoms with E-state index in [1.54, 1.807) is 7.11 Å². The molecule has 0 bridgehead atoms. The van der Waals surface area contributed by atoms with Crippen molar-refractivity contribution in [3.05, 3.63) is 41.1 Å². The molecule has 1 amide bonds. The maximum Gasteiger partial charge on any atom is 0.272 e. The second kappa shape index (κ2) is 8.49. The molecule has 7 nitrogen and oxygen atoms in total. The molecule has 0 unspecified atom stereocenters. The minimum absolute atomic E-state index is 0.0760. The minimum atomic E-state index is 0.0760. The Labute approximate surface area is 166 Å². The Hall–Kier alpha value is -2.12. The van der Waals surface area contributed by atoms with E-state index in [0.717, 1.165) is 74.9 Å². The first kappa shape index (κ1) is 19.2. The molecule has 2 aliphatic rings. The predicted molar refractivity (Wildman–Crippen MR) is 105 cm³/mol. The number of methoxy groups -OCH3 is 1. The molecular weight excluding hydrogens is 356 g/mol. The van der Waals surface area contributed by atoms with Crippen LogP contribution in [0.3, 0.4) is 0 Å². The van der Waals surface area contributed by atoms with Gasteiger partial charge in [-0.15, -0.1) is 0 Å². The van der Waals surface area contributed by atoms with E-state index in [4.69, 9.17) is 14.3 Å². The highest BCUT2D eigenvalue weighted by atomic mass is 16.5. The van der Waals surface area contributed by atoms with E-state index in [2.05, 4.69) is 11.0 Å². The van der Waals surface area contributed by atoms with Crippen LogP contribution in [0.15, 0.2) is 22.6 Å². The van der Waals surface area contributed by atoms with Gasteiger partial charge < -0.3 is 14.1 Å². The molecule has 1 saturated heterocycles. The smallest absolute Gasteiger partial charge is 0.272 e. The number of amides is 1. The van der Waals surface area contributed by atoms with E-state index in [9.17, 15) is 4.79 Å². The van der Waals surface area contributed by atoms with E-state index in [0.29, 0.717) is 19.1 Å². The van der Waals surface area contributed by atoms with Crippen LogP contribution in [0.4, 0.5) is 0 Å². The monoisotopic (exact) mass is 386 g/mol. The van der Waals surface area contributed by atoms with Gasteiger partial charge in [0, 0.05) is 39.2 Å². The lowest BCUT2D eigenvalue weighted by Crippen LogP contribution is -2.34. The molecule has 7 heteroatoms. The predicted octanol–water partition coefficient (Wildman–Crippen LogP) is 2.66. The number of rotatable bonds is 6. The largest absolute Gasteiger partial charge is 0.465 e. The van der Waals surface area contributed by atoms with Crippen molar-refractivity contribution in [1.82, 2.24) is 19.6 Å². The Morgan fingerprint density at radius 1 is 1.25 bits per heavy atom. The van der Waals surface area contributed by atoms with Crippen LogP contribution in [0, 0.1) is 6.92 Å². The van der Waals surface area contributed by atoms with E-state index in [1.807, 2.05) is 28.6 Å². The number of furan rings is 1. The first-order valence-electron chi connectivity index (χ1n) is 10.3. The van der Waals surface area contributed by atoms with E-state index in [1.165, 1.54) is 0 Å². The highest BCUT2D eigenvalue weighted by molar-refractivity contribution is 5.93. The maximum absolute atomic E-state index is 12.9. The van der Waals surface area contributed by atoms with Crippen molar-refractivity contribution in [1.29, 1.82) is 0 Å². The van der Waals surface area contributed by atoms with E-state index < -0.39 is 0 Å². The van der Waals surface area contributed by atoms with Crippen molar-refractivity contribution in [2.24, 2.45) is 0 Å². The number of aryl methyl sites for hydroxylation is 2. The quantitative estimate of drug-likeness (QED) is 0.764. The summed E-state index contributed by atoms with van der Waals surface area (Å²) in [5.41, 5.74) is 1.78. The molecule has 4 rings (SSSR count). The Balaban J connectivity index is 1.46. The maximum atomic E-state index is 12.9. The van der Waals surface area contributed by atoms with Gasteiger partial charge in [-0.1, -0.05) is 0 Å². The third kappa shape index (κ3) is 4.15. The van der Waals surface area contributed by atoms with Gasteiger partial charge >= 0.3 is 0 Å². The first-order chi connectivity index (χ1) is 13.6. The van der Waals surface area contributed by atoms with Gasteiger partial charge in [0.1, 0.15) is 17.2 Å². The summed E-state index contributed by atoms with van der Waals surface area (Å²) in [6, 6.07) is 6.10. The highest BCUT2D eigenvalue weighted by Gasteiger charge is 2.29. The fourth-order valence-electron chi connectivity index (χ4n) is 4.30. The zero-order valence-electron chi connectivity index (χ0n) is 16.9. The van der Waals surface area contributed by atoms with Crippen LogP contribution < -0.4 is 0 Å². The summed E-state index contributed by atoms with van der Waals surface area (Å²) in [5.74, 6) is 2.41. The molecule has 0 aliphatic carbocycles. The van der Waals surface area contributed by atoms with Gasteiger partial charge in [0.25, 0.3) is 5.91 Å². The number of likely N-dealkylation sites (tertiary alicyclic amines) is 1. The number of carbonyl (C=O) groups excluding carboxylic acids is 1. The van der Waals surface area contributed by atoms with Crippen LogP contribution >= 0.6 is 0 Å². The van der Waals surface area contributed by atoms with Crippen LogP contribution in [0.2, 0.25) is 0 Å². The Kier molecular flexibility index (Phi) is 5.82. The van der Waals surface area contributed by atoms with E-state index in [-0.39, 0.29) is 5.91 Å². The minimum Gasteiger partial charge on any atom is -0.465 e. The summed E-state index contributed by atoms with van der Waals surface area (Å²) >= 11 is 0. The van der Waals surface area contributed by atoms with Gasteiger partial charge in [0.2, 0.25) is 0 Å². The summed E-state index contributed by atoms with van der Waals surface area (Å²) in [5, 5.41) is 4.83. The fourth-order valence-corrected chi connectivity index (χ4v) is 4.30. The molecule has 1 fully saturated rings. The molecule has 0 spiro atoms. The Morgan fingerprint density at radius 3 is 2.93 bits per heavy atom. The van der Waals surface area contributed by atoms with Crippen molar-refractivity contribution < 1.29 is 13.9 Å². The number of hydrogen-bond donors (Lipinski definition) is 0. The lowest BCUT2D eigenvalue weighted by atomic mass is 9.94. The number of ether oxygens (including phenoxy) is 1. The van der Waals surface area contributed by atoms with Crippen LogP contribution in [0.25, 0.3) is 0 Å². The number of piperidine rings is 1. The van der Waals surface area contributed by atoms with Crippen molar-refractivity contribution in [2.75, 3.05) is 39.9 Å². The van der Waals surface area contributed by atoms with Gasteiger partial charge in [-0.2, -0.15) is 5.10 Å². The van der Waals surface area contributed by atoms with Crippen molar-refractivity contribution >= 4 is 5.91 Å². The molecule has 0 saturated carbocycles. The van der Waals surface area contributed by atoms with Crippen LogP contribution in [0.5, 0.6) is 0 Å². The molecule has 28 heavy (non-hydrogen) atoms. The third-order valence-corrected chi connectivity index (χ3v) is 5.77. The average Bonchev–Trinajstić information content (AvgIpc) is 3.27. The second-order valence-electron chi connectivity index (χ2n) is 7.90. The van der Waals surface area contributed by atoms with Crippen LogP contribution in [-0.4, -0.2) is 65.4 Å². The molecule has 0 radical (unpaired) electrons. The molecule has 0 N–H and O–H groups in total. The standard InChI is InChI=1S/C21H30N4O3/c1-16-6-7-18(28-16)15-23-8-3-5-17(14-23)19-13-20-21(26)24(11-12-27-2)9-4-10-25(20)22-19/h6-7,13,17H,3-5,8-12,14-15H2,1-2H3/t17-/m0/s1. The molecule has 4 heterocycles.